The van der Waals surface area contributed by atoms with Gasteiger partial charge in [0, 0.05) is 19.0 Å². The summed E-state index contributed by atoms with van der Waals surface area (Å²) in [6.45, 7) is 1.26. The predicted octanol–water partition coefficient (Wildman–Crippen LogP) is -0.252. The van der Waals surface area contributed by atoms with E-state index in [1.807, 2.05) is 0 Å². The molecule has 0 aliphatic heterocycles. The van der Waals surface area contributed by atoms with E-state index in [0.29, 0.717) is 0 Å². The van der Waals surface area contributed by atoms with Gasteiger partial charge in [-0.15, -0.1) is 0 Å². The van der Waals surface area contributed by atoms with Crippen LogP contribution in [-0.4, -0.2) is 22.5 Å². The van der Waals surface area contributed by atoms with Gasteiger partial charge in [-0.3, -0.25) is 4.79 Å². The summed E-state index contributed by atoms with van der Waals surface area (Å²) in [5.74, 6) is -1.56. The van der Waals surface area contributed by atoms with Crippen LogP contribution < -0.4 is 11.1 Å². The van der Waals surface area contributed by atoms with E-state index in [9.17, 15) is 9.59 Å². The molecule has 0 bridgehead atoms. The van der Waals surface area contributed by atoms with Gasteiger partial charge in [-0.05, 0) is 6.08 Å². The molecule has 0 saturated heterocycles. The maximum Gasteiger partial charge on any atom is 0.335 e. The van der Waals surface area contributed by atoms with Crippen LogP contribution in [0.25, 0.3) is 0 Å². The van der Waals surface area contributed by atoms with Crippen LogP contribution in [0.5, 0.6) is 0 Å². The van der Waals surface area contributed by atoms with Crippen LogP contribution >= 0.6 is 0 Å². The molecule has 76 valence electrons. The molecule has 1 aliphatic carbocycles. The molecule has 1 rings (SSSR count). The fourth-order valence-corrected chi connectivity index (χ4v) is 1.36. The number of hydrogen-bond acceptors (Lipinski definition) is 3. The van der Waals surface area contributed by atoms with Crippen molar-refractivity contribution in [2.45, 2.75) is 18.9 Å². The Morgan fingerprint density at radius 2 is 2.29 bits per heavy atom. The standard InChI is InChI=1S/C9H12N2O3/c1-6(12)11-9(8(13)14)5-3-2-4-7(9)10/h2-4H,5,10H2,1H3,(H,11,12)(H,13,14). The number of carboxylic acid groups (broad SMARTS) is 1. The van der Waals surface area contributed by atoms with Gasteiger partial charge in [-0.1, -0.05) is 12.2 Å². The highest BCUT2D eigenvalue weighted by Crippen LogP contribution is 2.22. The molecule has 0 aromatic heterocycles. The molecule has 0 fully saturated rings. The van der Waals surface area contributed by atoms with Crippen LogP contribution in [0.15, 0.2) is 23.9 Å². The molecule has 0 saturated carbocycles. The van der Waals surface area contributed by atoms with E-state index in [1.165, 1.54) is 13.0 Å². The van der Waals surface area contributed by atoms with Gasteiger partial charge in [-0.2, -0.15) is 0 Å². The molecule has 1 aliphatic rings. The Morgan fingerprint density at radius 3 is 2.71 bits per heavy atom. The molecule has 0 spiro atoms. The number of carbonyl (C=O) groups is 2. The second kappa shape index (κ2) is 3.53. The van der Waals surface area contributed by atoms with Crippen molar-refractivity contribution in [1.82, 2.24) is 5.32 Å². The lowest BCUT2D eigenvalue weighted by atomic mass is 9.88. The molecule has 1 atom stereocenters. The number of carbonyl (C=O) groups excluding carboxylic acids is 1. The summed E-state index contributed by atoms with van der Waals surface area (Å²) in [4.78, 5) is 21.9. The SMILES string of the molecule is CC(=O)NC1(C(=O)O)CC=CC=C1N. The number of nitrogens with two attached hydrogens (primary N) is 1. The van der Waals surface area contributed by atoms with Crippen LogP contribution in [0.4, 0.5) is 0 Å². The first-order valence-electron chi connectivity index (χ1n) is 4.14. The average molecular weight is 196 g/mol. The van der Waals surface area contributed by atoms with Gasteiger partial charge in [0.2, 0.25) is 5.91 Å². The molecule has 5 nitrogen and oxygen atoms in total. The number of nitrogens with one attached hydrogen (secondary N) is 1. The summed E-state index contributed by atoms with van der Waals surface area (Å²) in [5, 5.41) is 11.4. The smallest absolute Gasteiger partial charge is 0.335 e. The Balaban J connectivity index is 3.05. The van der Waals surface area contributed by atoms with E-state index in [1.54, 1.807) is 12.2 Å². The van der Waals surface area contributed by atoms with E-state index in [2.05, 4.69) is 5.32 Å². The lowest BCUT2D eigenvalue weighted by molar-refractivity contribution is -0.145. The second-order valence-electron chi connectivity index (χ2n) is 3.15. The molecule has 0 heterocycles. The second-order valence-corrected chi connectivity index (χ2v) is 3.15. The van der Waals surface area contributed by atoms with E-state index in [-0.39, 0.29) is 12.1 Å². The third-order valence-electron chi connectivity index (χ3n) is 2.08. The average Bonchev–Trinajstić information content (AvgIpc) is 2.08. The van der Waals surface area contributed by atoms with Crippen LogP contribution in [-0.2, 0) is 9.59 Å². The number of rotatable bonds is 2. The molecule has 4 N–H and O–H groups in total. The molecule has 5 heteroatoms. The molecule has 0 aromatic rings. The molecule has 14 heavy (non-hydrogen) atoms. The quantitative estimate of drug-likeness (QED) is 0.567. The lowest BCUT2D eigenvalue weighted by Gasteiger charge is -2.31. The van der Waals surface area contributed by atoms with Crippen molar-refractivity contribution in [3.05, 3.63) is 23.9 Å². The normalized spacial score (nSPS) is 25.4. The summed E-state index contributed by atoms with van der Waals surface area (Å²) in [6.07, 6.45) is 4.97. The van der Waals surface area contributed by atoms with Gasteiger partial charge in [0.05, 0.1) is 0 Å². The number of carboxylic acids is 1. The maximum atomic E-state index is 11.1. The molecule has 1 unspecified atom stereocenters. The van der Waals surface area contributed by atoms with Crippen molar-refractivity contribution in [3.8, 4) is 0 Å². The van der Waals surface area contributed by atoms with Crippen LogP contribution in [0.1, 0.15) is 13.3 Å². The van der Waals surface area contributed by atoms with Gasteiger partial charge in [0.15, 0.2) is 5.54 Å². The Morgan fingerprint density at radius 1 is 1.64 bits per heavy atom. The molecule has 0 aromatic carbocycles. The Hall–Kier alpha value is -1.78. The zero-order chi connectivity index (χ0) is 10.8. The fourth-order valence-electron chi connectivity index (χ4n) is 1.36. The fraction of sp³-hybridized carbons (Fsp3) is 0.333. The van der Waals surface area contributed by atoms with Crippen molar-refractivity contribution in [2.24, 2.45) is 5.73 Å². The third kappa shape index (κ3) is 1.61. The van der Waals surface area contributed by atoms with Gasteiger partial charge in [0.25, 0.3) is 0 Å². The van der Waals surface area contributed by atoms with E-state index >= 15 is 0 Å². The lowest BCUT2D eigenvalue weighted by Crippen LogP contribution is -2.57. The predicted molar refractivity (Wildman–Crippen MR) is 50.2 cm³/mol. The topological polar surface area (TPSA) is 92.4 Å². The zero-order valence-corrected chi connectivity index (χ0v) is 7.78. The minimum Gasteiger partial charge on any atom is -0.479 e. The first-order valence-corrected chi connectivity index (χ1v) is 4.14. The highest BCUT2D eigenvalue weighted by molar-refractivity contribution is 5.89. The number of amides is 1. The first kappa shape index (κ1) is 10.3. The monoisotopic (exact) mass is 196 g/mol. The Labute approximate surface area is 81.3 Å². The Kier molecular flexibility index (Phi) is 2.60. The highest BCUT2D eigenvalue weighted by Gasteiger charge is 2.42. The summed E-state index contributed by atoms with van der Waals surface area (Å²) in [7, 11) is 0. The summed E-state index contributed by atoms with van der Waals surface area (Å²) >= 11 is 0. The van der Waals surface area contributed by atoms with E-state index in [4.69, 9.17) is 10.8 Å². The Bertz CT molecular complexity index is 333. The summed E-state index contributed by atoms with van der Waals surface area (Å²) in [5.41, 5.74) is 4.25. The molecular weight excluding hydrogens is 184 g/mol. The minimum absolute atomic E-state index is 0.141. The number of allylic oxidation sites excluding steroid dienone is 2. The minimum atomic E-state index is -1.47. The maximum absolute atomic E-state index is 11.1. The van der Waals surface area contributed by atoms with Crippen molar-refractivity contribution in [3.63, 3.8) is 0 Å². The highest BCUT2D eigenvalue weighted by atomic mass is 16.4. The van der Waals surface area contributed by atoms with Gasteiger partial charge < -0.3 is 16.2 Å². The van der Waals surface area contributed by atoms with Crippen molar-refractivity contribution in [1.29, 1.82) is 0 Å². The van der Waals surface area contributed by atoms with E-state index in [0.717, 1.165) is 0 Å². The summed E-state index contributed by atoms with van der Waals surface area (Å²) < 4.78 is 0. The van der Waals surface area contributed by atoms with Gasteiger partial charge in [0.1, 0.15) is 0 Å². The third-order valence-corrected chi connectivity index (χ3v) is 2.08. The molecular formula is C9H12N2O3. The largest absolute Gasteiger partial charge is 0.479 e. The number of aliphatic carboxylic acids is 1. The zero-order valence-electron chi connectivity index (χ0n) is 7.78. The van der Waals surface area contributed by atoms with E-state index < -0.39 is 17.4 Å². The van der Waals surface area contributed by atoms with Crippen LogP contribution in [0, 0.1) is 0 Å². The van der Waals surface area contributed by atoms with Gasteiger partial charge >= 0.3 is 5.97 Å². The van der Waals surface area contributed by atoms with Crippen LogP contribution in [0.3, 0.4) is 0 Å². The molecule has 1 amide bonds. The van der Waals surface area contributed by atoms with Gasteiger partial charge in [-0.25, -0.2) is 4.79 Å². The van der Waals surface area contributed by atoms with Crippen molar-refractivity contribution in [2.75, 3.05) is 0 Å². The van der Waals surface area contributed by atoms with Crippen LogP contribution in [0.2, 0.25) is 0 Å². The number of hydrogen-bond donors (Lipinski definition) is 3. The first-order chi connectivity index (χ1) is 6.49. The van der Waals surface area contributed by atoms with Crippen molar-refractivity contribution >= 4 is 11.9 Å². The van der Waals surface area contributed by atoms with Crippen molar-refractivity contribution < 1.29 is 14.7 Å². The summed E-state index contributed by atoms with van der Waals surface area (Å²) in [6, 6.07) is 0. The molecule has 0 radical (unpaired) electrons.